The summed E-state index contributed by atoms with van der Waals surface area (Å²) >= 11 is 0. The maximum Gasteiger partial charge on any atom is 0.255 e. The molecule has 1 rings (SSSR count). The van der Waals surface area contributed by atoms with Crippen molar-refractivity contribution in [1.29, 1.82) is 0 Å². The van der Waals surface area contributed by atoms with Crippen molar-refractivity contribution < 1.29 is 0 Å². The highest BCUT2D eigenvalue weighted by atomic mass is 16.1. The molecule has 0 saturated carbocycles. The van der Waals surface area contributed by atoms with Crippen LogP contribution in [0.3, 0.4) is 0 Å². The molecule has 22 heavy (non-hydrogen) atoms. The van der Waals surface area contributed by atoms with E-state index in [1.807, 2.05) is 10.6 Å². The Balaban J connectivity index is 3.08. The van der Waals surface area contributed by atoms with Gasteiger partial charge in [0.1, 0.15) is 0 Å². The van der Waals surface area contributed by atoms with E-state index in [2.05, 4.69) is 59.8 Å². The molecule has 1 aromatic rings. The van der Waals surface area contributed by atoms with Crippen LogP contribution in [-0.2, 0) is 18.5 Å². The fraction of sp³-hybridized carbons (Fsp3) is 0.737. The zero-order chi connectivity index (χ0) is 16.9. The average Bonchev–Trinajstić information content (AvgIpc) is 2.37. The van der Waals surface area contributed by atoms with Crippen LogP contribution in [0, 0.1) is 11.8 Å². The van der Waals surface area contributed by atoms with Crippen LogP contribution in [0.4, 0.5) is 0 Å². The van der Waals surface area contributed by atoms with Gasteiger partial charge in [-0.05, 0) is 30.9 Å². The van der Waals surface area contributed by atoms with Crippen LogP contribution in [0.2, 0.25) is 0 Å². The molecule has 3 heteroatoms. The molecular formula is C19H34N2O. The number of aromatic nitrogens is 1. The third kappa shape index (κ3) is 5.60. The third-order valence-corrected chi connectivity index (χ3v) is 3.82. The Morgan fingerprint density at radius 1 is 1.09 bits per heavy atom. The molecule has 0 amide bonds. The second kappa shape index (κ2) is 7.96. The predicted octanol–water partition coefficient (Wildman–Crippen LogP) is 3.94. The van der Waals surface area contributed by atoms with E-state index in [4.69, 9.17) is 0 Å². The van der Waals surface area contributed by atoms with Crippen molar-refractivity contribution in [2.24, 2.45) is 11.8 Å². The van der Waals surface area contributed by atoms with E-state index in [0.717, 1.165) is 30.8 Å². The Hall–Kier alpha value is -1.09. The highest BCUT2D eigenvalue weighted by Crippen LogP contribution is 2.22. The quantitative estimate of drug-likeness (QED) is 0.828. The molecule has 0 atom stereocenters. The van der Waals surface area contributed by atoms with Gasteiger partial charge in [0.15, 0.2) is 0 Å². The van der Waals surface area contributed by atoms with Gasteiger partial charge in [0.25, 0.3) is 5.56 Å². The second-order valence-electron chi connectivity index (χ2n) is 8.16. The van der Waals surface area contributed by atoms with Crippen LogP contribution >= 0.6 is 0 Å². The topological polar surface area (TPSA) is 34.0 Å². The first-order valence-electron chi connectivity index (χ1n) is 8.56. The molecule has 0 radical (unpaired) electrons. The van der Waals surface area contributed by atoms with Gasteiger partial charge in [0.2, 0.25) is 0 Å². The molecule has 1 N–H and O–H groups in total. The van der Waals surface area contributed by atoms with Crippen molar-refractivity contribution >= 4 is 0 Å². The fourth-order valence-corrected chi connectivity index (χ4v) is 2.52. The lowest BCUT2D eigenvalue weighted by molar-refractivity contribution is 0.451. The first-order valence-corrected chi connectivity index (χ1v) is 8.56. The summed E-state index contributed by atoms with van der Waals surface area (Å²) in [7, 11) is 0. The predicted molar refractivity (Wildman–Crippen MR) is 95.4 cm³/mol. The van der Waals surface area contributed by atoms with Crippen molar-refractivity contribution in [1.82, 2.24) is 9.88 Å². The van der Waals surface area contributed by atoms with Crippen molar-refractivity contribution in [3.05, 3.63) is 33.7 Å². The molecule has 0 unspecified atom stereocenters. The van der Waals surface area contributed by atoms with Crippen LogP contribution < -0.4 is 10.9 Å². The van der Waals surface area contributed by atoms with E-state index in [9.17, 15) is 4.79 Å². The smallest absolute Gasteiger partial charge is 0.255 e. The number of rotatable bonds is 7. The highest BCUT2D eigenvalue weighted by Gasteiger charge is 2.20. The van der Waals surface area contributed by atoms with E-state index in [-0.39, 0.29) is 11.0 Å². The molecule has 1 aromatic heterocycles. The number of hydrogen-bond acceptors (Lipinski definition) is 2. The molecule has 0 fully saturated rings. The third-order valence-electron chi connectivity index (χ3n) is 3.82. The summed E-state index contributed by atoms with van der Waals surface area (Å²) in [6, 6.07) is 4.14. The minimum Gasteiger partial charge on any atom is -0.312 e. The van der Waals surface area contributed by atoms with Crippen molar-refractivity contribution in [2.45, 2.75) is 73.4 Å². The zero-order valence-corrected chi connectivity index (χ0v) is 15.5. The summed E-state index contributed by atoms with van der Waals surface area (Å²) < 4.78 is 1.99. The molecule has 0 spiro atoms. The van der Waals surface area contributed by atoms with Crippen LogP contribution in [-0.4, -0.2) is 11.1 Å². The Labute approximate surface area is 136 Å². The van der Waals surface area contributed by atoms with Crippen LogP contribution in [0.25, 0.3) is 0 Å². The van der Waals surface area contributed by atoms with Crippen molar-refractivity contribution in [3.8, 4) is 0 Å². The summed E-state index contributed by atoms with van der Waals surface area (Å²) in [4.78, 5) is 12.8. The van der Waals surface area contributed by atoms with Gasteiger partial charge in [0, 0.05) is 29.8 Å². The van der Waals surface area contributed by atoms with Crippen LogP contribution in [0.15, 0.2) is 16.9 Å². The molecule has 0 aliphatic rings. The molecule has 0 saturated heterocycles. The number of hydrogen-bond donors (Lipinski definition) is 1. The Morgan fingerprint density at radius 3 is 2.23 bits per heavy atom. The average molecular weight is 306 g/mol. The van der Waals surface area contributed by atoms with Crippen molar-refractivity contribution in [2.75, 3.05) is 6.54 Å². The van der Waals surface area contributed by atoms with Crippen molar-refractivity contribution in [3.63, 3.8) is 0 Å². The molecule has 0 bridgehead atoms. The van der Waals surface area contributed by atoms with E-state index >= 15 is 0 Å². The number of pyridine rings is 1. The van der Waals surface area contributed by atoms with Gasteiger partial charge in [0.05, 0.1) is 0 Å². The Morgan fingerprint density at radius 2 is 1.73 bits per heavy atom. The summed E-state index contributed by atoms with van der Waals surface area (Å²) in [5, 5.41) is 3.38. The van der Waals surface area contributed by atoms with Gasteiger partial charge < -0.3 is 9.88 Å². The van der Waals surface area contributed by atoms with E-state index in [1.54, 1.807) is 0 Å². The number of nitrogens with zero attached hydrogens (tertiary/aromatic N) is 1. The van der Waals surface area contributed by atoms with Gasteiger partial charge in [-0.1, -0.05) is 54.5 Å². The van der Waals surface area contributed by atoms with E-state index < -0.39 is 0 Å². The molecular weight excluding hydrogens is 272 g/mol. The van der Waals surface area contributed by atoms with Gasteiger partial charge >= 0.3 is 0 Å². The lowest BCUT2D eigenvalue weighted by Gasteiger charge is -2.25. The lowest BCUT2D eigenvalue weighted by atomic mass is 9.90. The first-order chi connectivity index (χ1) is 10.1. The Bertz CT molecular complexity index is 521. The van der Waals surface area contributed by atoms with Gasteiger partial charge in [-0.2, -0.15) is 0 Å². The van der Waals surface area contributed by atoms with Gasteiger partial charge in [-0.25, -0.2) is 0 Å². The molecule has 126 valence electrons. The highest BCUT2D eigenvalue weighted by molar-refractivity contribution is 5.21. The number of nitrogens with one attached hydrogen (secondary N) is 1. The summed E-state index contributed by atoms with van der Waals surface area (Å²) in [5.74, 6) is 1.19. The van der Waals surface area contributed by atoms with E-state index in [1.165, 1.54) is 0 Å². The van der Waals surface area contributed by atoms with Crippen LogP contribution in [0.5, 0.6) is 0 Å². The standard InChI is InChI=1S/C19H34N2O/c1-14(2)10-11-21-17(19(5,6)7)9-8-16(18(21)22)13-20-12-15(3)4/h8-9,14-15,20H,10-13H2,1-7H3. The summed E-state index contributed by atoms with van der Waals surface area (Å²) in [5.41, 5.74) is 2.16. The largest absolute Gasteiger partial charge is 0.312 e. The van der Waals surface area contributed by atoms with E-state index in [0.29, 0.717) is 18.4 Å². The lowest BCUT2D eigenvalue weighted by Crippen LogP contribution is -2.34. The first kappa shape index (κ1) is 19.0. The maximum atomic E-state index is 12.8. The summed E-state index contributed by atoms with van der Waals surface area (Å²) in [6.45, 7) is 17.7. The molecule has 0 aliphatic carbocycles. The van der Waals surface area contributed by atoms with Gasteiger partial charge in [-0.3, -0.25) is 4.79 Å². The maximum absolute atomic E-state index is 12.8. The fourth-order valence-electron chi connectivity index (χ4n) is 2.52. The minimum absolute atomic E-state index is 0.0139. The molecule has 3 nitrogen and oxygen atoms in total. The molecule has 1 heterocycles. The van der Waals surface area contributed by atoms with Crippen LogP contribution in [0.1, 0.15) is 66.1 Å². The second-order valence-corrected chi connectivity index (χ2v) is 8.16. The Kier molecular flexibility index (Phi) is 6.86. The zero-order valence-electron chi connectivity index (χ0n) is 15.5. The van der Waals surface area contributed by atoms with Gasteiger partial charge in [-0.15, -0.1) is 0 Å². The normalized spacial score (nSPS) is 12.4. The minimum atomic E-state index is -0.0139. The SMILES string of the molecule is CC(C)CCn1c(C(C)(C)C)ccc(CNCC(C)C)c1=O. The molecule has 0 aromatic carbocycles. The monoisotopic (exact) mass is 306 g/mol. The summed E-state index contributed by atoms with van der Waals surface area (Å²) in [6.07, 6.45) is 1.03. The molecule has 0 aliphatic heterocycles.